The van der Waals surface area contributed by atoms with E-state index in [0.29, 0.717) is 34.2 Å². The van der Waals surface area contributed by atoms with Crippen LogP contribution >= 0.6 is 0 Å². The largest absolute Gasteiger partial charge is 0.480 e. The fourth-order valence-corrected chi connectivity index (χ4v) is 3.49. The Kier molecular flexibility index (Phi) is 4.32. The van der Waals surface area contributed by atoms with Crippen LogP contribution in [0.3, 0.4) is 0 Å². The molecule has 1 fully saturated rings. The van der Waals surface area contributed by atoms with Crippen LogP contribution in [0.5, 0.6) is 11.9 Å². The zero-order valence-corrected chi connectivity index (χ0v) is 16.9. The Morgan fingerprint density at radius 2 is 1.86 bits per heavy atom. The Labute approximate surface area is 166 Å². The average molecular weight is 404 g/mol. The Balaban J connectivity index is 1.83. The molecule has 0 radical (unpaired) electrons. The first-order valence-corrected chi connectivity index (χ1v) is 9.10. The van der Waals surface area contributed by atoms with Crippen molar-refractivity contribution in [3.8, 4) is 23.1 Å². The van der Waals surface area contributed by atoms with E-state index in [2.05, 4.69) is 20.1 Å². The highest BCUT2D eigenvalue weighted by Gasteiger charge is 2.54. The van der Waals surface area contributed by atoms with Crippen LogP contribution in [0.4, 0.5) is 14.6 Å². The number of nitrogens with zero attached hydrogens (tertiary/aromatic N) is 6. The molecular weight excluding hydrogens is 382 g/mol. The van der Waals surface area contributed by atoms with Crippen LogP contribution in [-0.2, 0) is 0 Å². The molecule has 1 aliphatic rings. The number of anilines is 1. The van der Waals surface area contributed by atoms with Gasteiger partial charge in [0.1, 0.15) is 11.2 Å². The lowest BCUT2D eigenvalue weighted by molar-refractivity contribution is -0.0642. The van der Waals surface area contributed by atoms with Gasteiger partial charge in [0, 0.05) is 18.2 Å². The van der Waals surface area contributed by atoms with E-state index in [1.165, 1.54) is 14.2 Å². The van der Waals surface area contributed by atoms with E-state index < -0.39 is 11.3 Å². The summed E-state index contributed by atoms with van der Waals surface area (Å²) in [6.07, 6.45) is 3.30. The Bertz CT molecular complexity index is 1070. The van der Waals surface area contributed by atoms with E-state index in [0.717, 1.165) is 0 Å². The summed E-state index contributed by atoms with van der Waals surface area (Å²) in [7, 11) is 2.96. The molecular formula is C19H22F2N6O2. The Hall–Kier alpha value is -3.04. The monoisotopic (exact) mass is 404 g/mol. The van der Waals surface area contributed by atoms with Crippen LogP contribution in [0.1, 0.15) is 19.5 Å². The third-order valence-electron chi connectivity index (χ3n) is 5.21. The topological polar surface area (TPSA) is 77.7 Å². The van der Waals surface area contributed by atoms with Crippen LogP contribution in [0, 0.1) is 12.3 Å². The highest BCUT2D eigenvalue weighted by molar-refractivity contribution is 5.77. The molecule has 0 N–H and O–H groups in total. The molecule has 0 bridgehead atoms. The summed E-state index contributed by atoms with van der Waals surface area (Å²) in [6, 6.07) is 1.95. The van der Waals surface area contributed by atoms with Crippen molar-refractivity contribution in [2.24, 2.45) is 5.41 Å². The lowest BCUT2D eigenvalue weighted by atomic mass is 9.89. The predicted molar refractivity (Wildman–Crippen MR) is 103 cm³/mol. The Morgan fingerprint density at radius 1 is 1.10 bits per heavy atom. The smallest absolute Gasteiger partial charge is 0.319 e. The molecule has 0 saturated carbocycles. The van der Waals surface area contributed by atoms with Gasteiger partial charge in [-0.3, -0.25) is 0 Å². The molecule has 1 saturated heterocycles. The maximum absolute atomic E-state index is 14.5. The van der Waals surface area contributed by atoms with Crippen LogP contribution < -0.4 is 14.4 Å². The molecule has 0 spiro atoms. The molecule has 154 valence electrons. The summed E-state index contributed by atoms with van der Waals surface area (Å²) in [5, 5.41) is 4.57. The quantitative estimate of drug-likeness (QED) is 0.662. The first kappa shape index (κ1) is 19.3. The number of aryl methyl sites for hydroxylation is 1. The number of hydrogen-bond acceptors (Lipinski definition) is 7. The second kappa shape index (κ2) is 6.50. The van der Waals surface area contributed by atoms with Gasteiger partial charge in [-0.1, -0.05) is 13.8 Å². The van der Waals surface area contributed by atoms with E-state index in [4.69, 9.17) is 9.47 Å². The zero-order chi connectivity index (χ0) is 21.0. The van der Waals surface area contributed by atoms with Gasteiger partial charge in [0.05, 0.1) is 38.2 Å². The second-order valence-corrected chi connectivity index (χ2v) is 7.79. The van der Waals surface area contributed by atoms with E-state index >= 15 is 0 Å². The number of methoxy groups -OCH3 is 2. The van der Waals surface area contributed by atoms with Crippen LogP contribution in [-0.4, -0.2) is 57.8 Å². The van der Waals surface area contributed by atoms with Gasteiger partial charge >= 0.3 is 6.01 Å². The van der Waals surface area contributed by atoms with Crippen molar-refractivity contribution in [1.82, 2.24) is 24.6 Å². The summed E-state index contributed by atoms with van der Waals surface area (Å²) in [5.74, 6) is -2.03. The summed E-state index contributed by atoms with van der Waals surface area (Å²) in [4.78, 5) is 14.5. The summed E-state index contributed by atoms with van der Waals surface area (Å²) in [5.41, 5.74) is 1.26. The van der Waals surface area contributed by atoms with E-state index in [9.17, 15) is 8.78 Å². The molecule has 0 aliphatic carbocycles. The molecule has 0 aromatic carbocycles. The maximum atomic E-state index is 14.5. The maximum Gasteiger partial charge on any atom is 0.319 e. The SMILES string of the molecule is COc1ncc(-c2cc3c(N4CC(C)(C)C(F)(F)C4)nc(C)cn3n2)c(OC)n1. The molecule has 29 heavy (non-hydrogen) atoms. The van der Waals surface area contributed by atoms with Crippen molar-refractivity contribution in [3.63, 3.8) is 0 Å². The fraction of sp³-hybridized carbons (Fsp3) is 0.474. The van der Waals surface area contributed by atoms with Crippen LogP contribution in [0.15, 0.2) is 18.5 Å². The number of halogens is 2. The van der Waals surface area contributed by atoms with Crippen LogP contribution in [0.25, 0.3) is 16.8 Å². The third kappa shape index (κ3) is 3.12. The second-order valence-electron chi connectivity index (χ2n) is 7.79. The number of rotatable bonds is 4. The summed E-state index contributed by atoms with van der Waals surface area (Å²) >= 11 is 0. The molecule has 3 aromatic heterocycles. The first-order chi connectivity index (χ1) is 13.6. The Morgan fingerprint density at radius 3 is 2.48 bits per heavy atom. The van der Waals surface area contributed by atoms with Crippen molar-refractivity contribution in [1.29, 1.82) is 0 Å². The number of alkyl halides is 2. The van der Waals surface area contributed by atoms with Gasteiger partial charge in [-0.15, -0.1) is 0 Å². The number of fused-ring (bicyclic) bond motifs is 1. The minimum atomic E-state index is -2.81. The minimum Gasteiger partial charge on any atom is -0.480 e. The normalized spacial score (nSPS) is 17.7. The molecule has 0 unspecified atom stereocenters. The number of ether oxygens (including phenoxy) is 2. The molecule has 8 nitrogen and oxygen atoms in total. The van der Waals surface area contributed by atoms with Crippen molar-refractivity contribution in [3.05, 3.63) is 24.2 Å². The molecule has 3 aromatic rings. The number of hydrogen-bond donors (Lipinski definition) is 0. The van der Waals surface area contributed by atoms with Gasteiger partial charge in [-0.2, -0.15) is 10.1 Å². The van der Waals surface area contributed by atoms with Gasteiger partial charge in [-0.05, 0) is 13.0 Å². The lowest BCUT2D eigenvalue weighted by Gasteiger charge is -2.24. The van der Waals surface area contributed by atoms with Crippen molar-refractivity contribution < 1.29 is 18.3 Å². The van der Waals surface area contributed by atoms with Gasteiger partial charge in [0.15, 0.2) is 5.82 Å². The molecule has 0 atom stereocenters. The van der Waals surface area contributed by atoms with Crippen molar-refractivity contribution in [2.45, 2.75) is 26.7 Å². The zero-order valence-electron chi connectivity index (χ0n) is 16.9. The van der Waals surface area contributed by atoms with E-state index in [1.807, 2.05) is 0 Å². The molecule has 10 heteroatoms. The predicted octanol–water partition coefficient (Wildman–Crippen LogP) is 2.99. The molecule has 4 rings (SSSR count). The van der Waals surface area contributed by atoms with Gasteiger partial charge in [0.25, 0.3) is 5.92 Å². The fourth-order valence-electron chi connectivity index (χ4n) is 3.49. The highest BCUT2D eigenvalue weighted by atomic mass is 19.3. The van der Waals surface area contributed by atoms with E-state index in [1.54, 1.807) is 48.6 Å². The standard InChI is InChI=1S/C19H22F2N6O2/c1-11-8-27-14(15(23-11)26-9-18(2,3)19(20,21)10-26)6-13(25-27)12-7-22-17(29-5)24-16(12)28-4/h6-8H,9-10H2,1-5H3. The lowest BCUT2D eigenvalue weighted by Crippen LogP contribution is -2.34. The molecule has 1 aliphatic heterocycles. The third-order valence-corrected chi connectivity index (χ3v) is 5.21. The summed E-state index contributed by atoms with van der Waals surface area (Å²) < 4.78 is 40.9. The first-order valence-electron chi connectivity index (χ1n) is 9.10. The van der Waals surface area contributed by atoms with Gasteiger partial charge < -0.3 is 14.4 Å². The van der Waals surface area contributed by atoms with E-state index in [-0.39, 0.29) is 19.1 Å². The summed E-state index contributed by atoms with van der Waals surface area (Å²) in [6.45, 7) is 4.76. The average Bonchev–Trinajstić information content (AvgIpc) is 3.17. The van der Waals surface area contributed by atoms with Gasteiger partial charge in [-0.25, -0.2) is 23.3 Å². The van der Waals surface area contributed by atoms with Gasteiger partial charge in [0.2, 0.25) is 5.88 Å². The molecule has 4 heterocycles. The van der Waals surface area contributed by atoms with Crippen molar-refractivity contribution >= 4 is 11.3 Å². The number of aromatic nitrogens is 5. The highest BCUT2D eigenvalue weighted by Crippen LogP contribution is 2.45. The molecule has 0 amide bonds. The van der Waals surface area contributed by atoms with Crippen molar-refractivity contribution in [2.75, 3.05) is 32.2 Å². The minimum absolute atomic E-state index is 0.175. The van der Waals surface area contributed by atoms with Crippen LogP contribution in [0.2, 0.25) is 0 Å².